The smallest absolute Gasteiger partial charge is 0.407 e. The molecule has 6 nitrogen and oxygen atoms in total. The molecular formula is C34H36N2O4. The van der Waals surface area contributed by atoms with Crippen molar-refractivity contribution in [1.82, 2.24) is 10.2 Å². The lowest BCUT2D eigenvalue weighted by Crippen LogP contribution is -2.48. The van der Waals surface area contributed by atoms with E-state index in [0.717, 1.165) is 22.3 Å². The third kappa shape index (κ3) is 6.10. The first-order chi connectivity index (χ1) is 19.6. The molecule has 0 aromatic heterocycles. The van der Waals surface area contributed by atoms with Gasteiger partial charge in [-0.15, -0.1) is 0 Å². The number of alkyl carbamates (subject to hydrolysis) is 1. The van der Waals surface area contributed by atoms with Crippen LogP contribution in [0.2, 0.25) is 0 Å². The van der Waals surface area contributed by atoms with Crippen LogP contribution in [0.5, 0.6) is 0 Å². The standard InChI is InChI=1S/C34H36N2O4/c1-26(24-37)36(22-27-14-6-2-7-15-27)23-31-32(40-33(38)35-31)25-39-34(28-16-8-3-9-17-28,29-18-10-4-11-19-29)30-20-12-5-13-21-30/h2-21,26,31-32,37H,22-25H2,1H3,(H,35,38)/t26-,31+,32+/m0/s1. The molecule has 6 heteroatoms. The Labute approximate surface area is 236 Å². The van der Waals surface area contributed by atoms with Crippen molar-refractivity contribution in [3.05, 3.63) is 144 Å². The lowest BCUT2D eigenvalue weighted by molar-refractivity contribution is -0.0397. The summed E-state index contributed by atoms with van der Waals surface area (Å²) in [6, 6.07) is 40.2. The van der Waals surface area contributed by atoms with Crippen LogP contribution in [0.3, 0.4) is 0 Å². The van der Waals surface area contributed by atoms with Gasteiger partial charge in [0.1, 0.15) is 11.7 Å². The van der Waals surface area contributed by atoms with Crippen LogP contribution in [-0.4, -0.2) is 54.0 Å². The second-order valence-corrected chi connectivity index (χ2v) is 10.2. The number of aliphatic hydroxyl groups excluding tert-OH is 1. The Morgan fingerprint density at radius 2 is 1.30 bits per heavy atom. The molecule has 40 heavy (non-hydrogen) atoms. The highest BCUT2D eigenvalue weighted by molar-refractivity contribution is 5.70. The molecule has 1 amide bonds. The fraction of sp³-hybridized carbons (Fsp3) is 0.265. The number of benzene rings is 4. The van der Waals surface area contributed by atoms with Gasteiger partial charge >= 0.3 is 6.09 Å². The van der Waals surface area contributed by atoms with E-state index in [4.69, 9.17) is 9.47 Å². The van der Waals surface area contributed by atoms with Gasteiger partial charge in [0.25, 0.3) is 0 Å². The summed E-state index contributed by atoms with van der Waals surface area (Å²) >= 11 is 0. The molecule has 0 saturated carbocycles. The summed E-state index contributed by atoms with van der Waals surface area (Å²) in [5.74, 6) is 0. The fourth-order valence-electron chi connectivity index (χ4n) is 5.37. The van der Waals surface area contributed by atoms with Gasteiger partial charge in [0, 0.05) is 19.1 Å². The van der Waals surface area contributed by atoms with E-state index in [2.05, 4.69) is 58.7 Å². The number of amides is 1. The van der Waals surface area contributed by atoms with Crippen LogP contribution in [0.25, 0.3) is 0 Å². The molecular weight excluding hydrogens is 500 g/mol. The number of carbonyl (C=O) groups excluding carboxylic acids is 1. The second kappa shape index (κ2) is 12.9. The normalized spacial score (nSPS) is 17.8. The van der Waals surface area contributed by atoms with Gasteiger partial charge in [0.05, 0.1) is 19.3 Å². The van der Waals surface area contributed by atoms with E-state index in [-0.39, 0.29) is 25.3 Å². The van der Waals surface area contributed by atoms with Gasteiger partial charge in [0.15, 0.2) is 0 Å². The highest BCUT2D eigenvalue weighted by atomic mass is 16.6. The van der Waals surface area contributed by atoms with Crippen LogP contribution in [0.4, 0.5) is 4.79 Å². The third-order valence-electron chi connectivity index (χ3n) is 7.56. The van der Waals surface area contributed by atoms with Crippen LogP contribution >= 0.6 is 0 Å². The lowest BCUT2D eigenvalue weighted by Gasteiger charge is -2.37. The molecule has 0 spiro atoms. The molecule has 4 aromatic rings. The zero-order valence-electron chi connectivity index (χ0n) is 22.7. The van der Waals surface area contributed by atoms with E-state index >= 15 is 0 Å². The van der Waals surface area contributed by atoms with Gasteiger partial charge in [-0.1, -0.05) is 121 Å². The van der Waals surface area contributed by atoms with Crippen molar-refractivity contribution in [2.75, 3.05) is 19.8 Å². The number of aliphatic hydroxyl groups is 1. The van der Waals surface area contributed by atoms with E-state index in [1.165, 1.54) is 0 Å². The third-order valence-corrected chi connectivity index (χ3v) is 7.56. The fourth-order valence-corrected chi connectivity index (χ4v) is 5.37. The first-order valence-electron chi connectivity index (χ1n) is 13.8. The van der Waals surface area contributed by atoms with Crippen molar-refractivity contribution < 1.29 is 19.4 Å². The molecule has 1 saturated heterocycles. The number of rotatable bonds is 12. The number of cyclic esters (lactones) is 1. The number of hydrogen-bond donors (Lipinski definition) is 2. The maximum absolute atomic E-state index is 12.5. The topological polar surface area (TPSA) is 71.0 Å². The minimum atomic E-state index is -0.911. The van der Waals surface area contributed by atoms with Crippen LogP contribution in [0, 0.1) is 0 Å². The molecule has 5 rings (SSSR count). The van der Waals surface area contributed by atoms with Crippen molar-refractivity contribution in [2.24, 2.45) is 0 Å². The number of ether oxygens (including phenoxy) is 2. The molecule has 1 fully saturated rings. The monoisotopic (exact) mass is 536 g/mol. The maximum atomic E-state index is 12.5. The zero-order chi connectivity index (χ0) is 27.8. The summed E-state index contributed by atoms with van der Waals surface area (Å²) in [6.45, 7) is 3.32. The molecule has 206 valence electrons. The van der Waals surface area contributed by atoms with Gasteiger partial charge in [-0.05, 0) is 29.2 Å². The average Bonchev–Trinajstić information content (AvgIpc) is 3.37. The van der Waals surface area contributed by atoms with Crippen molar-refractivity contribution >= 4 is 6.09 Å². The Morgan fingerprint density at radius 1 is 0.825 bits per heavy atom. The Morgan fingerprint density at radius 3 is 1.77 bits per heavy atom. The van der Waals surface area contributed by atoms with Crippen LogP contribution < -0.4 is 5.32 Å². The highest BCUT2D eigenvalue weighted by Gasteiger charge is 2.42. The largest absolute Gasteiger partial charge is 0.442 e. The van der Waals surface area contributed by atoms with Gasteiger partial charge in [-0.25, -0.2) is 4.79 Å². The minimum Gasteiger partial charge on any atom is -0.442 e. The SMILES string of the molecule is C[C@@H](CO)N(Cc1ccccc1)C[C@H]1NC(=O)O[C@@H]1COC(c1ccccc1)(c1ccccc1)c1ccccc1. The molecule has 0 radical (unpaired) electrons. The van der Waals surface area contributed by atoms with E-state index in [1.54, 1.807) is 0 Å². The summed E-state index contributed by atoms with van der Waals surface area (Å²) in [5, 5.41) is 13.0. The second-order valence-electron chi connectivity index (χ2n) is 10.2. The predicted molar refractivity (Wildman–Crippen MR) is 156 cm³/mol. The number of nitrogens with zero attached hydrogens (tertiary/aromatic N) is 1. The quantitative estimate of drug-likeness (QED) is 0.239. The maximum Gasteiger partial charge on any atom is 0.407 e. The average molecular weight is 537 g/mol. The minimum absolute atomic E-state index is 0.00859. The van der Waals surface area contributed by atoms with Crippen molar-refractivity contribution in [1.29, 1.82) is 0 Å². The van der Waals surface area contributed by atoms with Crippen LogP contribution in [0.15, 0.2) is 121 Å². The Bertz CT molecular complexity index is 1240. The van der Waals surface area contributed by atoms with Crippen LogP contribution in [0.1, 0.15) is 29.2 Å². The van der Waals surface area contributed by atoms with E-state index in [0.29, 0.717) is 13.1 Å². The molecule has 0 aliphatic carbocycles. The van der Waals surface area contributed by atoms with Gasteiger partial charge in [-0.2, -0.15) is 0 Å². The van der Waals surface area contributed by atoms with Gasteiger partial charge < -0.3 is 19.9 Å². The Kier molecular flexibility index (Phi) is 8.91. The van der Waals surface area contributed by atoms with Gasteiger partial charge in [-0.3, -0.25) is 4.90 Å². The first-order valence-corrected chi connectivity index (χ1v) is 13.8. The molecule has 4 aromatic carbocycles. The summed E-state index contributed by atoms with van der Waals surface area (Å²) in [4.78, 5) is 14.7. The summed E-state index contributed by atoms with van der Waals surface area (Å²) in [5.41, 5.74) is 3.19. The summed E-state index contributed by atoms with van der Waals surface area (Å²) < 4.78 is 12.7. The summed E-state index contributed by atoms with van der Waals surface area (Å²) in [6.07, 6.45) is -0.980. The Hall–Kier alpha value is -3.97. The molecule has 1 aliphatic rings. The van der Waals surface area contributed by atoms with Crippen molar-refractivity contribution in [3.63, 3.8) is 0 Å². The van der Waals surface area contributed by atoms with E-state index in [9.17, 15) is 9.90 Å². The Balaban J connectivity index is 1.45. The molecule has 0 bridgehead atoms. The predicted octanol–water partition coefficient (Wildman–Crippen LogP) is 5.36. The zero-order valence-corrected chi connectivity index (χ0v) is 22.7. The molecule has 0 unspecified atom stereocenters. The van der Waals surface area contributed by atoms with Crippen LogP contribution in [-0.2, 0) is 21.6 Å². The first kappa shape index (κ1) is 27.6. The number of carbonyl (C=O) groups is 1. The molecule has 2 N–H and O–H groups in total. The van der Waals surface area contributed by atoms with Gasteiger partial charge in [0.2, 0.25) is 0 Å². The molecule has 1 aliphatic heterocycles. The molecule has 1 heterocycles. The lowest BCUT2D eigenvalue weighted by atomic mass is 9.80. The summed E-state index contributed by atoms with van der Waals surface area (Å²) in [7, 11) is 0. The molecule has 3 atom stereocenters. The van der Waals surface area contributed by atoms with Crippen molar-refractivity contribution in [2.45, 2.75) is 37.3 Å². The van der Waals surface area contributed by atoms with E-state index < -0.39 is 17.8 Å². The number of hydrogen-bond acceptors (Lipinski definition) is 5. The van der Waals surface area contributed by atoms with E-state index in [1.807, 2.05) is 79.7 Å². The highest BCUT2D eigenvalue weighted by Crippen LogP contribution is 2.40. The van der Waals surface area contributed by atoms with Crippen molar-refractivity contribution in [3.8, 4) is 0 Å². The number of nitrogens with one attached hydrogen (secondary N) is 1.